The number of aryl methyl sites for hydroxylation is 1. The maximum absolute atomic E-state index is 12.3. The van der Waals surface area contributed by atoms with Crippen molar-refractivity contribution >= 4 is 44.4 Å². The molecule has 0 saturated carbocycles. The van der Waals surface area contributed by atoms with Crippen LogP contribution in [0.1, 0.15) is 10.4 Å². The molecule has 122 valence electrons. The van der Waals surface area contributed by atoms with E-state index in [4.69, 9.17) is 4.74 Å². The zero-order valence-corrected chi connectivity index (χ0v) is 14.5. The fraction of sp³-hybridized carbons (Fsp3) is 0.111. The SMILES string of the molecule is Cn1cc(C(=O)OCC(=O)Nc2cccc(Br)c2)c2ccccc21. The highest BCUT2D eigenvalue weighted by Gasteiger charge is 2.16. The van der Waals surface area contributed by atoms with Gasteiger partial charge in [0.15, 0.2) is 6.61 Å². The summed E-state index contributed by atoms with van der Waals surface area (Å²) in [6, 6.07) is 14.7. The lowest BCUT2D eigenvalue weighted by atomic mass is 10.2. The minimum atomic E-state index is -0.517. The Kier molecular flexibility index (Phi) is 4.66. The summed E-state index contributed by atoms with van der Waals surface area (Å²) >= 11 is 3.33. The number of fused-ring (bicyclic) bond motifs is 1. The molecule has 24 heavy (non-hydrogen) atoms. The van der Waals surface area contributed by atoms with Gasteiger partial charge in [0.1, 0.15) is 0 Å². The van der Waals surface area contributed by atoms with Gasteiger partial charge in [-0.3, -0.25) is 4.79 Å². The summed E-state index contributed by atoms with van der Waals surface area (Å²) < 4.78 is 7.85. The summed E-state index contributed by atoms with van der Waals surface area (Å²) in [7, 11) is 1.86. The average molecular weight is 387 g/mol. The van der Waals surface area contributed by atoms with E-state index in [1.165, 1.54) is 0 Å². The van der Waals surface area contributed by atoms with Gasteiger partial charge in [0.05, 0.1) is 5.56 Å². The number of nitrogens with one attached hydrogen (secondary N) is 1. The van der Waals surface area contributed by atoms with Crippen molar-refractivity contribution in [2.75, 3.05) is 11.9 Å². The second kappa shape index (κ2) is 6.88. The van der Waals surface area contributed by atoms with E-state index in [0.717, 1.165) is 15.4 Å². The van der Waals surface area contributed by atoms with Crippen molar-refractivity contribution in [1.29, 1.82) is 0 Å². The van der Waals surface area contributed by atoms with Crippen molar-refractivity contribution < 1.29 is 14.3 Å². The number of carbonyl (C=O) groups is 2. The van der Waals surface area contributed by atoms with Gasteiger partial charge < -0.3 is 14.6 Å². The van der Waals surface area contributed by atoms with Crippen LogP contribution in [0.5, 0.6) is 0 Å². The largest absolute Gasteiger partial charge is 0.452 e. The van der Waals surface area contributed by atoms with Crippen LogP contribution >= 0.6 is 15.9 Å². The fourth-order valence-corrected chi connectivity index (χ4v) is 2.88. The van der Waals surface area contributed by atoms with Crippen molar-refractivity contribution in [2.24, 2.45) is 7.05 Å². The van der Waals surface area contributed by atoms with Crippen LogP contribution in [0.25, 0.3) is 10.9 Å². The highest BCUT2D eigenvalue weighted by molar-refractivity contribution is 9.10. The molecule has 3 rings (SSSR count). The van der Waals surface area contributed by atoms with Crippen LogP contribution in [0.4, 0.5) is 5.69 Å². The molecule has 0 saturated heterocycles. The Balaban J connectivity index is 1.65. The smallest absolute Gasteiger partial charge is 0.340 e. The number of esters is 1. The fourth-order valence-electron chi connectivity index (χ4n) is 2.48. The third kappa shape index (κ3) is 3.49. The zero-order chi connectivity index (χ0) is 17.1. The predicted octanol–water partition coefficient (Wildman–Crippen LogP) is 3.74. The Hall–Kier alpha value is -2.60. The predicted molar refractivity (Wildman–Crippen MR) is 96.0 cm³/mol. The van der Waals surface area contributed by atoms with Gasteiger partial charge in [-0.15, -0.1) is 0 Å². The first-order chi connectivity index (χ1) is 11.5. The van der Waals surface area contributed by atoms with E-state index in [9.17, 15) is 9.59 Å². The molecule has 0 spiro atoms. The van der Waals surface area contributed by atoms with E-state index in [2.05, 4.69) is 21.2 Å². The Labute approximate surface area is 147 Å². The topological polar surface area (TPSA) is 60.3 Å². The summed E-state index contributed by atoms with van der Waals surface area (Å²) in [5.41, 5.74) is 2.02. The standard InChI is InChI=1S/C18H15BrN2O3/c1-21-10-15(14-7-2-3-8-16(14)21)18(23)24-11-17(22)20-13-6-4-5-12(19)9-13/h2-10H,11H2,1H3,(H,20,22). The summed E-state index contributed by atoms with van der Waals surface area (Å²) in [5, 5.41) is 3.48. The number of amides is 1. The van der Waals surface area contributed by atoms with Gasteiger partial charge >= 0.3 is 5.97 Å². The molecule has 5 nitrogen and oxygen atoms in total. The minimum absolute atomic E-state index is 0.339. The van der Waals surface area contributed by atoms with Gasteiger partial charge in [0.2, 0.25) is 0 Å². The second-order valence-electron chi connectivity index (χ2n) is 5.31. The number of hydrogen-bond acceptors (Lipinski definition) is 3. The van der Waals surface area contributed by atoms with Gasteiger partial charge in [0, 0.05) is 34.3 Å². The number of hydrogen-bond donors (Lipinski definition) is 1. The number of benzene rings is 2. The third-order valence-corrected chi connectivity index (χ3v) is 4.05. The molecule has 1 amide bonds. The Bertz CT molecular complexity index is 918. The summed E-state index contributed by atoms with van der Waals surface area (Å²) in [6.45, 7) is -0.339. The van der Waals surface area contributed by atoms with E-state index in [-0.39, 0.29) is 12.5 Å². The molecule has 1 aromatic heterocycles. The van der Waals surface area contributed by atoms with Gasteiger partial charge in [-0.1, -0.05) is 40.2 Å². The van der Waals surface area contributed by atoms with Crippen molar-refractivity contribution in [1.82, 2.24) is 4.57 Å². The first kappa shape index (κ1) is 16.3. The molecule has 0 radical (unpaired) electrons. The number of aromatic nitrogens is 1. The number of halogens is 1. The minimum Gasteiger partial charge on any atom is -0.452 e. The molecule has 0 fully saturated rings. The molecular weight excluding hydrogens is 372 g/mol. The van der Waals surface area contributed by atoms with Crippen LogP contribution < -0.4 is 5.32 Å². The lowest BCUT2D eigenvalue weighted by molar-refractivity contribution is -0.119. The number of rotatable bonds is 4. The molecule has 0 aliphatic rings. The first-order valence-corrected chi connectivity index (χ1v) is 8.10. The van der Waals surface area contributed by atoms with Gasteiger partial charge in [-0.2, -0.15) is 0 Å². The molecule has 0 aliphatic carbocycles. The van der Waals surface area contributed by atoms with Gasteiger partial charge in [-0.05, 0) is 24.3 Å². The van der Waals surface area contributed by atoms with Gasteiger partial charge in [-0.25, -0.2) is 4.79 Å². The molecule has 0 bridgehead atoms. The van der Waals surface area contributed by atoms with Crippen LogP contribution in [0.15, 0.2) is 59.2 Å². The molecule has 1 N–H and O–H groups in total. The van der Waals surface area contributed by atoms with E-state index < -0.39 is 5.97 Å². The number of ether oxygens (including phenoxy) is 1. The van der Waals surface area contributed by atoms with E-state index in [1.54, 1.807) is 18.3 Å². The quantitative estimate of drug-likeness (QED) is 0.694. The molecule has 2 aromatic carbocycles. The Morgan fingerprint density at radius 1 is 1.17 bits per heavy atom. The van der Waals surface area contributed by atoms with Crippen molar-refractivity contribution in [3.63, 3.8) is 0 Å². The number of anilines is 1. The van der Waals surface area contributed by atoms with Crippen LogP contribution in [-0.2, 0) is 16.6 Å². The second-order valence-corrected chi connectivity index (χ2v) is 6.22. The molecule has 1 heterocycles. The van der Waals surface area contributed by atoms with Crippen LogP contribution in [-0.4, -0.2) is 23.1 Å². The molecular formula is C18H15BrN2O3. The normalized spacial score (nSPS) is 10.6. The molecule has 0 atom stereocenters. The number of carbonyl (C=O) groups excluding carboxylic acids is 2. The Morgan fingerprint density at radius 3 is 2.75 bits per heavy atom. The summed E-state index contributed by atoms with van der Waals surface area (Å²) in [6.07, 6.45) is 1.71. The molecule has 6 heteroatoms. The molecule has 3 aromatic rings. The lowest BCUT2D eigenvalue weighted by Crippen LogP contribution is -2.20. The Morgan fingerprint density at radius 2 is 1.96 bits per heavy atom. The van der Waals surface area contributed by atoms with Gasteiger partial charge in [0.25, 0.3) is 5.91 Å². The van der Waals surface area contributed by atoms with E-state index in [1.807, 2.05) is 48.0 Å². The monoisotopic (exact) mass is 386 g/mol. The van der Waals surface area contributed by atoms with Crippen molar-refractivity contribution in [2.45, 2.75) is 0 Å². The van der Waals surface area contributed by atoms with E-state index >= 15 is 0 Å². The van der Waals surface area contributed by atoms with Crippen LogP contribution in [0.3, 0.4) is 0 Å². The lowest BCUT2D eigenvalue weighted by Gasteiger charge is -2.06. The summed E-state index contributed by atoms with van der Waals surface area (Å²) in [4.78, 5) is 24.2. The maximum atomic E-state index is 12.3. The van der Waals surface area contributed by atoms with Crippen molar-refractivity contribution in [3.05, 3.63) is 64.8 Å². The third-order valence-electron chi connectivity index (χ3n) is 3.56. The summed E-state index contributed by atoms with van der Waals surface area (Å²) in [5.74, 6) is -0.905. The van der Waals surface area contributed by atoms with Crippen LogP contribution in [0.2, 0.25) is 0 Å². The number of nitrogens with zero attached hydrogens (tertiary/aromatic N) is 1. The van der Waals surface area contributed by atoms with E-state index in [0.29, 0.717) is 11.3 Å². The van der Waals surface area contributed by atoms with Crippen LogP contribution in [0, 0.1) is 0 Å². The average Bonchev–Trinajstić information content (AvgIpc) is 2.90. The first-order valence-electron chi connectivity index (χ1n) is 7.31. The molecule has 0 unspecified atom stereocenters. The zero-order valence-electron chi connectivity index (χ0n) is 13.0. The number of para-hydroxylation sites is 1. The highest BCUT2D eigenvalue weighted by atomic mass is 79.9. The molecule has 0 aliphatic heterocycles. The van der Waals surface area contributed by atoms with Crippen molar-refractivity contribution in [3.8, 4) is 0 Å². The maximum Gasteiger partial charge on any atom is 0.340 e. The highest BCUT2D eigenvalue weighted by Crippen LogP contribution is 2.21.